The Morgan fingerprint density at radius 2 is 2.37 bits per heavy atom. The monoisotopic (exact) mass is 265 g/mol. The number of carbonyl (C=O) groups is 1. The molecule has 0 radical (unpaired) electrons. The van der Waals surface area contributed by atoms with Crippen LogP contribution in [0.1, 0.15) is 13.3 Å². The van der Waals surface area contributed by atoms with E-state index < -0.39 is 0 Å². The van der Waals surface area contributed by atoms with Crippen molar-refractivity contribution in [2.24, 2.45) is 0 Å². The molecule has 0 aromatic carbocycles. The Labute approximate surface area is 114 Å². The van der Waals surface area contributed by atoms with Gasteiger partial charge in [0, 0.05) is 31.5 Å². The molecule has 1 saturated heterocycles. The molecule has 1 aliphatic rings. The molecule has 6 heteroatoms. The standard InChI is InChI=1S/C13H23N5O/c1-12(10-18-8-3-5-15-18)16-13(19)11-17-7-2-4-14-6-9-17/h3,5,8,12,14H,2,4,6-7,9-11H2,1H3,(H,16,19). The minimum Gasteiger partial charge on any atom is -0.351 e. The SMILES string of the molecule is CC(Cn1cccn1)NC(=O)CN1CCCNCC1. The van der Waals surface area contributed by atoms with Gasteiger partial charge in [0.1, 0.15) is 0 Å². The van der Waals surface area contributed by atoms with E-state index in [9.17, 15) is 4.79 Å². The summed E-state index contributed by atoms with van der Waals surface area (Å²) in [5, 5.41) is 10.5. The molecule has 1 aliphatic heterocycles. The zero-order valence-corrected chi connectivity index (χ0v) is 11.5. The van der Waals surface area contributed by atoms with Crippen LogP contribution in [0.25, 0.3) is 0 Å². The largest absolute Gasteiger partial charge is 0.351 e. The van der Waals surface area contributed by atoms with Gasteiger partial charge in [0.25, 0.3) is 0 Å². The van der Waals surface area contributed by atoms with Crippen LogP contribution in [-0.4, -0.2) is 59.4 Å². The molecule has 1 fully saturated rings. The van der Waals surface area contributed by atoms with Gasteiger partial charge in [-0.2, -0.15) is 5.10 Å². The van der Waals surface area contributed by atoms with Gasteiger partial charge >= 0.3 is 0 Å². The van der Waals surface area contributed by atoms with Gasteiger partial charge in [-0.05, 0) is 32.5 Å². The molecule has 2 heterocycles. The van der Waals surface area contributed by atoms with Crippen LogP contribution in [0, 0.1) is 0 Å². The zero-order valence-electron chi connectivity index (χ0n) is 11.5. The van der Waals surface area contributed by atoms with Crippen LogP contribution in [0.15, 0.2) is 18.5 Å². The van der Waals surface area contributed by atoms with Gasteiger partial charge in [-0.3, -0.25) is 14.4 Å². The maximum Gasteiger partial charge on any atom is 0.234 e. The molecule has 2 N–H and O–H groups in total. The predicted molar refractivity (Wildman–Crippen MR) is 73.8 cm³/mol. The highest BCUT2D eigenvalue weighted by Crippen LogP contribution is 1.96. The molecule has 1 unspecified atom stereocenters. The van der Waals surface area contributed by atoms with E-state index >= 15 is 0 Å². The molecular formula is C13H23N5O. The third kappa shape index (κ3) is 5.00. The lowest BCUT2D eigenvalue weighted by molar-refractivity contribution is -0.122. The first-order valence-electron chi connectivity index (χ1n) is 6.94. The van der Waals surface area contributed by atoms with E-state index in [-0.39, 0.29) is 11.9 Å². The number of amides is 1. The fourth-order valence-electron chi connectivity index (χ4n) is 2.32. The summed E-state index contributed by atoms with van der Waals surface area (Å²) in [4.78, 5) is 14.2. The number of nitrogens with zero attached hydrogens (tertiary/aromatic N) is 3. The van der Waals surface area contributed by atoms with Gasteiger partial charge in [-0.1, -0.05) is 0 Å². The molecule has 106 valence electrons. The molecule has 0 aliphatic carbocycles. The van der Waals surface area contributed by atoms with E-state index in [0.29, 0.717) is 13.1 Å². The van der Waals surface area contributed by atoms with Gasteiger partial charge in [-0.25, -0.2) is 0 Å². The first kappa shape index (κ1) is 14.0. The smallest absolute Gasteiger partial charge is 0.234 e. The highest BCUT2D eigenvalue weighted by Gasteiger charge is 2.14. The minimum absolute atomic E-state index is 0.0949. The highest BCUT2D eigenvalue weighted by atomic mass is 16.2. The summed E-state index contributed by atoms with van der Waals surface area (Å²) in [7, 11) is 0. The van der Waals surface area contributed by atoms with E-state index in [0.717, 1.165) is 32.6 Å². The molecule has 1 atom stereocenters. The summed E-state index contributed by atoms with van der Waals surface area (Å²) < 4.78 is 1.83. The molecule has 1 aromatic rings. The van der Waals surface area contributed by atoms with Gasteiger partial charge in [-0.15, -0.1) is 0 Å². The molecule has 0 bridgehead atoms. The van der Waals surface area contributed by atoms with Gasteiger partial charge in [0.05, 0.1) is 13.1 Å². The Morgan fingerprint density at radius 3 is 3.16 bits per heavy atom. The fraction of sp³-hybridized carbons (Fsp3) is 0.692. The summed E-state index contributed by atoms with van der Waals surface area (Å²) in [6.45, 7) is 7.16. The number of nitrogens with one attached hydrogen (secondary N) is 2. The van der Waals surface area contributed by atoms with Gasteiger partial charge < -0.3 is 10.6 Å². The van der Waals surface area contributed by atoms with Crippen molar-refractivity contribution in [1.29, 1.82) is 0 Å². The number of hydrogen-bond donors (Lipinski definition) is 2. The van der Waals surface area contributed by atoms with Gasteiger partial charge in [0.2, 0.25) is 5.91 Å². The first-order chi connectivity index (χ1) is 9.24. The Bertz CT molecular complexity index is 370. The van der Waals surface area contributed by atoms with Crippen molar-refractivity contribution in [3.63, 3.8) is 0 Å². The number of rotatable bonds is 5. The molecule has 0 saturated carbocycles. The Balaban J connectivity index is 1.70. The third-order valence-electron chi connectivity index (χ3n) is 3.23. The fourth-order valence-corrected chi connectivity index (χ4v) is 2.32. The van der Waals surface area contributed by atoms with Crippen LogP contribution < -0.4 is 10.6 Å². The lowest BCUT2D eigenvalue weighted by Crippen LogP contribution is -2.43. The van der Waals surface area contributed by atoms with E-state index in [4.69, 9.17) is 0 Å². The third-order valence-corrected chi connectivity index (χ3v) is 3.23. The van der Waals surface area contributed by atoms with Crippen LogP contribution in [0.3, 0.4) is 0 Å². The van der Waals surface area contributed by atoms with Crippen molar-refractivity contribution < 1.29 is 4.79 Å². The van der Waals surface area contributed by atoms with Crippen LogP contribution in [0.5, 0.6) is 0 Å². The second-order valence-electron chi connectivity index (χ2n) is 5.08. The van der Waals surface area contributed by atoms with E-state index in [2.05, 4.69) is 20.6 Å². The maximum absolute atomic E-state index is 12.0. The minimum atomic E-state index is 0.0949. The summed E-state index contributed by atoms with van der Waals surface area (Å²) >= 11 is 0. The maximum atomic E-state index is 12.0. The highest BCUT2D eigenvalue weighted by molar-refractivity contribution is 5.78. The second-order valence-corrected chi connectivity index (χ2v) is 5.08. The Kier molecular flexibility index (Phi) is 5.35. The summed E-state index contributed by atoms with van der Waals surface area (Å²) in [5.74, 6) is 0.0987. The van der Waals surface area contributed by atoms with Crippen LogP contribution in [-0.2, 0) is 11.3 Å². The quantitative estimate of drug-likeness (QED) is 0.766. The lowest BCUT2D eigenvalue weighted by Gasteiger charge is -2.20. The number of hydrogen-bond acceptors (Lipinski definition) is 4. The van der Waals surface area contributed by atoms with Crippen LogP contribution in [0.4, 0.5) is 0 Å². The van der Waals surface area contributed by atoms with Crippen molar-refractivity contribution in [3.05, 3.63) is 18.5 Å². The van der Waals surface area contributed by atoms with Crippen molar-refractivity contribution in [2.45, 2.75) is 25.9 Å². The van der Waals surface area contributed by atoms with Crippen molar-refractivity contribution in [3.8, 4) is 0 Å². The Morgan fingerprint density at radius 1 is 1.47 bits per heavy atom. The lowest BCUT2D eigenvalue weighted by atomic mass is 10.3. The average molecular weight is 265 g/mol. The van der Waals surface area contributed by atoms with E-state index in [1.807, 2.05) is 23.9 Å². The van der Waals surface area contributed by atoms with Crippen LogP contribution in [0.2, 0.25) is 0 Å². The summed E-state index contributed by atoms with van der Waals surface area (Å²) in [5.41, 5.74) is 0. The topological polar surface area (TPSA) is 62.2 Å². The van der Waals surface area contributed by atoms with Crippen molar-refractivity contribution in [2.75, 3.05) is 32.7 Å². The first-order valence-corrected chi connectivity index (χ1v) is 6.94. The van der Waals surface area contributed by atoms with Crippen LogP contribution >= 0.6 is 0 Å². The average Bonchev–Trinajstić information content (AvgIpc) is 2.72. The summed E-state index contributed by atoms with van der Waals surface area (Å²) in [6, 6.07) is 1.98. The molecule has 2 rings (SSSR count). The molecular weight excluding hydrogens is 242 g/mol. The van der Waals surface area contributed by atoms with Crippen molar-refractivity contribution >= 4 is 5.91 Å². The zero-order chi connectivity index (χ0) is 13.5. The normalized spacial score (nSPS) is 18.8. The van der Waals surface area contributed by atoms with E-state index in [1.165, 1.54) is 0 Å². The summed E-state index contributed by atoms with van der Waals surface area (Å²) in [6.07, 6.45) is 4.76. The predicted octanol–water partition coefficient (Wildman–Crippen LogP) is -0.317. The molecule has 6 nitrogen and oxygen atoms in total. The molecule has 0 spiro atoms. The molecule has 1 aromatic heterocycles. The van der Waals surface area contributed by atoms with E-state index in [1.54, 1.807) is 6.20 Å². The number of aromatic nitrogens is 2. The van der Waals surface area contributed by atoms with Gasteiger partial charge in [0.15, 0.2) is 0 Å². The second kappa shape index (κ2) is 7.25. The molecule has 1 amide bonds. The Hall–Kier alpha value is -1.40. The molecule has 19 heavy (non-hydrogen) atoms. The number of carbonyl (C=O) groups excluding carboxylic acids is 1. The van der Waals surface area contributed by atoms with Crippen molar-refractivity contribution in [1.82, 2.24) is 25.3 Å².